The van der Waals surface area contributed by atoms with E-state index in [4.69, 9.17) is 10.00 Å². The summed E-state index contributed by atoms with van der Waals surface area (Å²) in [7, 11) is -4.88. The standard InChI is InChI=1S/C16H8F6N2O3S/c17-7-3-8(18)5-9(4-7)27-10-1-2-11-13(12(10)15(19)20)14(25)16(21,22)28(11,26)24-6-23/h1-5,14-15,25H. The van der Waals surface area contributed by atoms with E-state index in [1.165, 1.54) is 0 Å². The Morgan fingerprint density at radius 1 is 1.21 bits per heavy atom. The molecule has 0 saturated carbocycles. The van der Waals surface area contributed by atoms with Crippen molar-refractivity contribution in [3.63, 3.8) is 0 Å². The molecule has 1 aliphatic heterocycles. The molecule has 1 N–H and O–H groups in total. The maximum atomic E-state index is 14.3. The summed E-state index contributed by atoms with van der Waals surface area (Å²) in [4.78, 5) is -0.945. The van der Waals surface area contributed by atoms with Gasteiger partial charge in [0.05, 0.1) is 10.5 Å². The average Bonchev–Trinajstić information content (AvgIpc) is 2.72. The Bertz CT molecular complexity index is 1100. The maximum absolute atomic E-state index is 14.3. The third-order valence-corrected chi connectivity index (χ3v) is 6.17. The van der Waals surface area contributed by atoms with Crippen LogP contribution in [0.4, 0.5) is 26.3 Å². The van der Waals surface area contributed by atoms with Crippen LogP contribution >= 0.6 is 0 Å². The zero-order chi connectivity index (χ0) is 20.9. The van der Waals surface area contributed by atoms with E-state index in [-0.39, 0.29) is 0 Å². The molecule has 0 aliphatic carbocycles. The van der Waals surface area contributed by atoms with Crippen LogP contribution in [-0.2, 0) is 9.73 Å². The summed E-state index contributed by atoms with van der Waals surface area (Å²) in [5.74, 6) is -3.52. The van der Waals surface area contributed by atoms with Crippen molar-refractivity contribution >= 4 is 9.73 Å². The minimum atomic E-state index is -4.88. The summed E-state index contributed by atoms with van der Waals surface area (Å²) in [6, 6.07) is 3.20. The molecular weight excluding hydrogens is 414 g/mol. The number of alkyl halides is 4. The lowest BCUT2D eigenvalue weighted by Gasteiger charge is -2.17. The Labute approximate surface area is 154 Å². The number of aliphatic hydroxyl groups is 1. The molecule has 2 atom stereocenters. The SMILES string of the molecule is N#CN=S1(=O)c2ccc(Oc3cc(F)cc(F)c3)c(C(F)F)c2C(O)C1(F)F. The Morgan fingerprint density at radius 2 is 1.82 bits per heavy atom. The Hall–Kier alpha value is -2.78. The molecule has 0 bridgehead atoms. The molecule has 1 heterocycles. The number of ether oxygens (including phenoxy) is 1. The van der Waals surface area contributed by atoms with E-state index in [2.05, 4.69) is 4.36 Å². The van der Waals surface area contributed by atoms with Crippen molar-refractivity contribution in [2.24, 2.45) is 4.36 Å². The van der Waals surface area contributed by atoms with Crippen molar-refractivity contribution in [2.75, 3.05) is 0 Å². The van der Waals surface area contributed by atoms with E-state index in [9.17, 15) is 35.7 Å². The summed E-state index contributed by atoms with van der Waals surface area (Å²) in [5.41, 5.74) is -2.37. The summed E-state index contributed by atoms with van der Waals surface area (Å²) in [5, 5.41) is 13.9. The molecule has 2 aromatic rings. The van der Waals surface area contributed by atoms with Gasteiger partial charge in [-0.25, -0.2) is 21.8 Å². The number of benzene rings is 2. The largest absolute Gasteiger partial charge is 0.457 e. The van der Waals surface area contributed by atoms with Gasteiger partial charge in [-0.1, -0.05) is 0 Å². The number of hydrogen-bond acceptors (Lipinski definition) is 5. The topological polar surface area (TPSA) is 82.7 Å². The first-order valence-electron chi connectivity index (χ1n) is 7.32. The van der Waals surface area contributed by atoms with Gasteiger partial charge in [-0.3, -0.25) is 0 Å². The molecule has 0 amide bonds. The van der Waals surface area contributed by atoms with Gasteiger partial charge in [0.2, 0.25) is 6.19 Å². The van der Waals surface area contributed by atoms with E-state index in [1.54, 1.807) is 0 Å². The van der Waals surface area contributed by atoms with Gasteiger partial charge in [-0.05, 0) is 12.1 Å². The molecule has 0 spiro atoms. The van der Waals surface area contributed by atoms with Crippen LogP contribution in [0.1, 0.15) is 23.7 Å². The molecule has 28 heavy (non-hydrogen) atoms. The van der Waals surface area contributed by atoms with Gasteiger partial charge in [-0.15, -0.1) is 4.36 Å². The first-order valence-corrected chi connectivity index (χ1v) is 8.84. The summed E-state index contributed by atoms with van der Waals surface area (Å²) in [6.07, 6.45) is -5.53. The third kappa shape index (κ3) is 2.87. The van der Waals surface area contributed by atoms with Crippen LogP contribution in [0, 0.1) is 23.1 Å². The van der Waals surface area contributed by atoms with Crippen LogP contribution < -0.4 is 4.74 Å². The Kier molecular flexibility index (Phi) is 4.76. The summed E-state index contributed by atoms with van der Waals surface area (Å²) < 4.78 is 103. The summed E-state index contributed by atoms with van der Waals surface area (Å²) in [6.45, 7) is 0. The minimum Gasteiger partial charge on any atom is -0.457 e. The molecule has 0 radical (unpaired) electrons. The highest BCUT2D eigenvalue weighted by atomic mass is 32.2. The highest BCUT2D eigenvalue weighted by molar-refractivity contribution is 7.95. The molecule has 2 unspecified atom stereocenters. The zero-order valence-electron chi connectivity index (χ0n) is 13.4. The first-order chi connectivity index (χ1) is 13.0. The van der Waals surface area contributed by atoms with Crippen molar-refractivity contribution in [1.82, 2.24) is 0 Å². The highest BCUT2D eigenvalue weighted by Gasteiger charge is 2.60. The van der Waals surface area contributed by atoms with Crippen LogP contribution in [0.15, 0.2) is 39.6 Å². The fourth-order valence-corrected chi connectivity index (χ4v) is 4.60. The smallest absolute Gasteiger partial charge is 0.362 e. The first kappa shape index (κ1) is 20.0. The van der Waals surface area contributed by atoms with Crippen LogP contribution in [-0.4, -0.2) is 14.6 Å². The van der Waals surface area contributed by atoms with E-state index >= 15 is 0 Å². The molecular formula is C16H8F6N2O3S. The van der Waals surface area contributed by atoms with Crippen LogP contribution in [0.5, 0.6) is 11.5 Å². The number of halogens is 6. The number of aliphatic hydroxyl groups excluding tert-OH is 1. The van der Waals surface area contributed by atoms with Gasteiger partial charge >= 0.3 is 5.25 Å². The second-order valence-corrected chi connectivity index (χ2v) is 7.80. The van der Waals surface area contributed by atoms with Crippen molar-refractivity contribution in [1.29, 1.82) is 5.26 Å². The Balaban J connectivity index is 2.26. The molecule has 5 nitrogen and oxygen atoms in total. The monoisotopic (exact) mass is 422 g/mol. The molecule has 2 aromatic carbocycles. The number of hydrogen-bond donors (Lipinski definition) is 1. The molecule has 3 rings (SSSR count). The predicted molar refractivity (Wildman–Crippen MR) is 82.2 cm³/mol. The fourth-order valence-electron chi connectivity index (χ4n) is 2.78. The molecule has 0 saturated heterocycles. The second kappa shape index (κ2) is 6.68. The van der Waals surface area contributed by atoms with E-state index in [0.29, 0.717) is 30.3 Å². The number of nitrogens with zero attached hydrogens (tertiary/aromatic N) is 2. The maximum Gasteiger partial charge on any atom is 0.362 e. The lowest BCUT2D eigenvalue weighted by atomic mass is 10.0. The van der Waals surface area contributed by atoms with Crippen LogP contribution in [0.3, 0.4) is 0 Å². The van der Waals surface area contributed by atoms with Crippen LogP contribution in [0.25, 0.3) is 0 Å². The van der Waals surface area contributed by atoms with Crippen LogP contribution in [0.2, 0.25) is 0 Å². The van der Waals surface area contributed by atoms with Gasteiger partial charge in [0.25, 0.3) is 6.43 Å². The predicted octanol–water partition coefficient (Wildman–Crippen LogP) is 4.64. The highest BCUT2D eigenvalue weighted by Crippen LogP contribution is 2.54. The molecule has 1 aliphatic rings. The quantitative estimate of drug-likeness (QED) is 0.577. The number of fused-ring (bicyclic) bond motifs is 1. The van der Waals surface area contributed by atoms with Gasteiger partial charge in [0, 0.05) is 23.8 Å². The summed E-state index contributed by atoms with van der Waals surface area (Å²) >= 11 is 0. The second-order valence-electron chi connectivity index (χ2n) is 5.58. The van der Waals surface area contributed by atoms with E-state index < -0.39 is 66.7 Å². The normalized spacial score (nSPS) is 22.6. The van der Waals surface area contributed by atoms with Gasteiger partial charge in [-0.2, -0.15) is 14.0 Å². The molecule has 148 valence electrons. The minimum absolute atomic E-state index is 0.492. The van der Waals surface area contributed by atoms with Gasteiger partial charge in [0.1, 0.15) is 23.1 Å². The van der Waals surface area contributed by atoms with Gasteiger partial charge < -0.3 is 9.84 Å². The molecule has 0 fully saturated rings. The number of nitriles is 1. The molecule has 0 aromatic heterocycles. The average molecular weight is 422 g/mol. The van der Waals surface area contributed by atoms with Crippen molar-refractivity contribution in [3.8, 4) is 17.7 Å². The van der Waals surface area contributed by atoms with E-state index in [1.807, 2.05) is 0 Å². The van der Waals surface area contributed by atoms with Crippen molar-refractivity contribution in [2.45, 2.75) is 22.7 Å². The Morgan fingerprint density at radius 3 is 2.36 bits per heavy atom. The van der Waals surface area contributed by atoms with Gasteiger partial charge in [0.15, 0.2) is 15.8 Å². The molecule has 12 heteroatoms. The zero-order valence-corrected chi connectivity index (χ0v) is 14.2. The third-order valence-electron chi connectivity index (χ3n) is 3.92. The number of rotatable bonds is 3. The van der Waals surface area contributed by atoms with Crippen molar-refractivity contribution < 1.29 is 40.4 Å². The van der Waals surface area contributed by atoms with Crippen molar-refractivity contribution in [3.05, 3.63) is 53.1 Å². The van der Waals surface area contributed by atoms with E-state index in [0.717, 1.165) is 6.19 Å². The lowest BCUT2D eigenvalue weighted by molar-refractivity contribution is -0.0371. The lowest BCUT2D eigenvalue weighted by Crippen LogP contribution is -2.28. The fraction of sp³-hybridized carbons (Fsp3) is 0.188.